The van der Waals surface area contributed by atoms with Crippen molar-refractivity contribution in [1.82, 2.24) is 4.57 Å². The van der Waals surface area contributed by atoms with Crippen LogP contribution in [-0.2, 0) is 9.84 Å². The van der Waals surface area contributed by atoms with E-state index in [-0.39, 0.29) is 15.4 Å². The normalized spacial score (nSPS) is 20.5. The van der Waals surface area contributed by atoms with Crippen LogP contribution in [0.4, 0.5) is 0 Å². The van der Waals surface area contributed by atoms with E-state index in [2.05, 4.69) is 0 Å². The van der Waals surface area contributed by atoms with Gasteiger partial charge < -0.3 is 14.4 Å². The van der Waals surface area contributed by atoms with Crippen molar-refractivity contribution in [3.63, 3.8) is 0 Å². The van der Waals surface area contributed by atoms with Crippen molar-refractivity contribution in [2.75, 3.05) is 0 Å². The van der Waals surface area contributed by atoms with Gasteiger partial charge in [-0.2, -0.15) is 0 Å². The van der Waals surface area contributed by atoms with Crippen LogP contribution in [0.3, 0.4) is 0 Å². The molecule has 2 heterocycles. The Hall–Kier alpha value is -2.90. The second-order valence-electron chi connectivity index (χ2n) is 7.56. The highest BCUT2D eigenvalue weighted by Crippen LogP contribution is 2.42. The molecule has 2 atom stereocenters. The van der Waals surface area contributed by atoms with Crippen molar-refractivity contribution in [2.24, 2.45) is 0 Å². The third-order valence-electron chi connectivity index (χ3n) is 5.20. The number of hydrogen-bond donors (Lipinski definition) is 1. The van der Waals surface area contributed by atoms with Gasteiger partial charge in [0.1, 0.15) is 17.5 Å². The van der Waals surface area contributed by atoms with Crippen molar-refractivity contribution in [3.05, 3.63) is 88.8 Å². The van der Waals surface area contributed by atoms with E-state index in [0.29, 0.717) is 11.3 Å². The molecule has 3 aromatic rings. The van der Waals surface area contributed by atoms with Crippen molar-refractivity contribution in [3.8, 4) is 5.75 Å². The summed E-state index contributed by atoms with van der Waals surface area (Å²) < 4.78 is 33.5. The molecular formula is C22H21NO5S. The van der Waals surface area contributed by atoms with Crippen LogP contribution in [0, 0.1) is 0 Å². The molecule has 0 fully saturated rings. The average Bonchev–Trinajstić information content (AvgIpc) is 2.70. The Morgan fingerprint density at radius 2 is 1.66 bits per heavy atom. The molecule has 1 aliphatic heterocycles. The molecule has 7 heteroatoms. The second-order valence-corrected chi connectivity index (χ2v) is 9.51. The van der Waals surface area contributed by atoms with Gasteiger partial charge in [-0.15, -0.1) is 0 Å². The number of sulfone groups is 1. The highest BCUT2D eigenvalue weighted by atomic mass is 32.2. The number of ether oxygens (including phenoxy) is 1. The van der Waals surface area contributed by atoms with E-state index in [0.717, 1.165) is 0 Å². The predicted octanol–water partition coefficient (Wildman–Crippen LogP) is 2.80. The van der Waals surface area contributed by atoms with E-state index in [1.54, 1.807) is 56.4 Å². The van der Waals surface area contributed by atoms with Crippen LogP contribution in [0.25, 0.3) is 0 Å². The van der Waals surface area contributed by atoms with Crippen LogP contribution in [0.5, 0.6) is 5.75 Å². The van der Waals surface area contributed by atoms with Crippen LogP contribution in [0.2, 0.25) is 0 Å². The Morgan fingerprint density at radius 3 is 2.34 bits per heavy atom. The summed E-state index contributed by atoms with van der Waals surface area (Å²) in [4.78, 5) is 12.7. The summed E-state index contributed by atoms with van der Waals surface area (Å²) in [6.45, 7) is 3.46. The van der Waals surface area contributed by atoms with E-state index in [1.807, 2.05) is 0 Å². The lowest BCUT2D eigenvalue weighted by atomic mass is 9.86. The van der Waals surface area contributed by atoms with Gasteiger partial charge in [0.05, 0.1) is 15.8 Å². The highest BCUT2D eigenvalue weighted by Gasteiger charge is 2.44. The smallest absolute Gasteiger partial charge is 0.251 e. The molecule has 6 nitrogen and oxygen atoms in total. The van der Waals surface area contributed by atoms with Gasteiger partial charge >= 0.3 is 0 Å². The van der Waals surface area contributed by atoms with Crippen molar-refractivity contribution < 1.29 is 18.3 Å². The molecule has 1 N–H and O–H groups in total. The third-order valence-corrected chi connectivity index (χ3v) is 6.97. The Kier molecular flexibility index (Phi) is 4.59. The molecule has 0 spiro atoms. The molecule has 2 aromatic carbocycles. The minimum Gasteiger partial charge on any atom is -0.485 e. The molecule has 0 saturated carbocycles. The van der Waals surface area contributed by atoms with Crippen molar-refractivity contribution in [2.45, 2.75) is 41.4 Å². The van der Waals surface area contributed by atoms with Crippen molar-refractivity contribution in [1.29, 1.82) is 0 Å². The zero-order valence-corrected chi connectivity index (χ0v) is 16.8. The standard InChI is InChI=1S/C22H21NO5S/c1-22(2)21(25)20(23-13-7-6-10-19(23)24)17-14-16(11-12-18(17)28-22)29(26,27)15-8-4-3-5-9-15/h3-14,20-21,25H,1-2H3/t20-,21+/m0/s1. The maximum atomic E-state index is 13.1. The number of aliphatic hydroxyl groups is 1. The fourth-order valence-corrected chi connectivity index (χ4v) is 4.94. The van der Waals surface area contributed by atoms with Crippen LogP contribution in [0.15, 0.2) is 87.5 Å². The monoisotopic (exact) mass is 411 g/mol. The van der Waals surface area contributed by atoms with Gasteiger partial charge in [-0.25, -0.2) is 8.42 Å². The summed E-state index contributed by atoms with van der Waals surface area (Å²) in [7, 11) is -3.76. The van der Waals surface area contributed by atoms with E-state index < -0.39 is 27.6 Å². The molecule has 0 saturated heterocycles. The van der Waals surface area contributed by atoms with Gasteiger partial charge in [0.2, 0.25) is 9.84 Å². The fourth-order valence-electron chi connectivity index (χ4n) is 3.62. The SMILES string of the molecule is CC1(C)Oc2ccc(S(=O)(=O)c3ccccc3)cc2[C@H](n2ccccc2=O)[C@H]1O. The summed E-state index contributed by atoms with van der Waals surface area (Å²) in [5.41, 5.74) is -0.814. The molecule has 0 bridgehead atoms. The van der Waals surface area contributed by atoms with Crippen molar-refractivity contribution >= 4 is 9.84 Å². The molecule has 0 amide bonds. The second kappa shape index (κ2) is 6.86. The number of aromatic nitrogens is 1. The third kappa shape index (κ3) is 3.26. The number of benzene rings is 2. The Labute approximate surface area is 168 Å². The summed E-state index contributed by atoms with van der Waals surface area (Å²) in [5.74, 6) is 0.438. The number of hydrogen-bond acceptors (Lipinski definition) is 5. The van der Waals surface area contributed by atoms with Crippen LogP contribution >= 0.6 is 0 Å². The molecule has 29 heavy (non-hydrogen) atoms. The quantitative estimate of drug-likeness (QED) is 0.716. The number of aliphatic hydroxyl groups excluding tert-OH is 1. The Morgan fingerprint density at radius 1 is 0.966 bits per heavy atom. The first-order valence-electron chi connectivity index (χ1n) is 9.20. The summed E-state index contributed by atoms with van der Waals surface area (Å²) >= 11 is 0. The lowest BCUT2D eigenvalue weighted by molar-refractivity contribution is -0.0643. The molecular weight excluding hydrogens is 390 g/mol. The number of pyridine rings is 1. The Balaban J connectivity index is 1.92. The number of nitrogens with zero attached hydrogens (tertiary/aromatic N) is 1. The van der Waals surface area contributed by atoms with E-state index in [4.69, 9.17) is 4.74 Å². The van der Waals surface area contributed by atoms with Gasteiger partial charge in [-0.3, -0.25) is 4.79 Å². The van der Waals surface area contributed by atoms with E-state index in [9.17, 15) is 18.3 Å². The van der Waals surface area contributed by atoms with Gasteiger partial charge in [0, 0.05) is 17.8 Å². The van der Waals surface area contributed by atoms with Gasteiger partial charge in [0.25, 0.3) is 5.56 Å². The van der Waals surface area contributed by atoms with Gasteiger partial charge in [-0.05, 0) is 50.2 Å². The fraction of sp³-hybridized carbons (Fsp3) is 0.227. The zero-order chi connectivity index (χ0) is 20.8. The topological polar surface area (TPSA) is 85.6 Å². The number of rotatable bonds is 3. The van der Waals surface area contributed by atoms with E-state index >= 15 is 0 Å². The molecule has 0 unspecified atom stereocenters. The minimum atomic E-state index is -3.76. The summed E-state index contributed by atoms with van der Waals surface area (Å²) in [6, 6.07) is 16.6. The van der Waals surface area contributed by atoms with Crippen LogP contribution in [-0.4, -0.2) is 29.8 Å². The molecule has 0 aliphatic carbocycles. The summed E-state index contributed by atoms with van der Waals surface area (Å²) in [6.07, 6.45) is 0.518. The van der Waals surface area contributed by atoms with Gasteiger partial charge in [0.15, 0.2) is 0 Å². The molecule has 0 radical (unpaired) electrons. The minimum absolute atomic E-state index is 0.0759. The van der Waals surface area contributed by atoms with Crippen LogP contribution in [0.1, 0.15) is 25.5 Å². The first-order chi connectivity index (χ1) is 13.7. The maximum absolute atomic E-state index is 13.1. The summed E-state index contributed by atoms with van der Waals surface area (Å²) in [5, 5.41) is 11.0. The van der Waals surface area contributed by atoms with Gasteiger partial charge in [-0.1, -0.05) is 24.3 Å². The molecule has 4 rings (SSSR count). The maximum Gasteiger partial charge on any atom is 0.251 e. The molecule has 1 aromatic heterocycles. The zero-order valence-electron chi connectivity index (χ0n) is 16.0. The first-order valence-corrected chi connectivity index (χ1v) is 10.7. The largest absolute Gasteiger partial charge is 0.485 e. The lowest BCUT2D eigenvalue weighted by Gasteiger charge is -2.42. The first kappa shape index (κ1) is 19.4. The molecule has 1 aliphatic rings. The lowest BCUT2D eigenvalue weighted by Crippen LogP contribution is -2.52. The highest BCUT2D eigenvalue weighted by molar-refractivity contribution is 7.91. The molecule has 150 valence electrons. The number of fused-ring (bicyclic) bond motifs is 1. The van der Waals surface area contributed by atoms with E-state index in [1.165, 1.54) is 34.9 Å². The Bertz CT molecular complexity index is 1220. The van der Waals surface area contributed by atoms with Crippen LogP contribution < -0.4 is 10.3 Å². The predicted molar refractivity (Wildman–Crippen MR) is 108 cm³/mol. The average molecular weight is 411 g/mol.